The summed E-state index contributed by atoms with van der Waals surface area (Å²) in [6, 6.07) is 7.72. The van der Waals surface area contributed by atoms with Gasteiger partial charge >= 0.3 is 6.18 Å². The summed E-state index contributed by atoms with van der Waals surface area (Å²) in [5, 5.41) is 1.82. The lowest BCUT2D eigenvalue weighted by atomic mass is 10.2. The van der Waals surface area contributed by atoms with Crippen LogP contribution >= 0.6 is 11.6 Å². The number of benzene rings is 2. The summed E-state index contributed by atoms with van der Waals surface area (Å²) in [5.41, 5.74) is -1.44. The zero-order valence-electron chi connectivity index (χ0n) is 13.8. The molecule has 0 spiro atoms. The van der Waals surface area contributed by atoms with E-state index in [0.717, 1.165) is 12.1 Å². The van der Waals surface area contributed by atoms with Crippen LogP contribution in [-0.2, 0) is 21.0 Å². The summed E-state index contributed by atoms with van der Waals surface area (Å²) in [5.74, 6) is -0.111. The van der Waals surface area contributed by atoms with Crippen molar-refractivity contribution in [3.05, 3.63) is 53.1 Å². The summed E-state index contributed by atoms with van der Waals surface area (Å²) in [6.07, 6.45) is -4.72. The lowest BCUT2D eigenvalue weighted by Gasteiger charge is -2.13. The highest BCUT2D eigenvalue weighted by Crippen LogP contribution is 2.36. The van der Waals surface area contributed by atoms with E-state index in [1.807, 2.05) is 0 Å². The molecule has 0 aliphatic heterocycles. The number of alkyl halides is 3. The Kier molecular flexibility index (Phi) is 6.22. The number of hydrogen-bond acceptors (Lipinski definition) is 4. The van der Waals surface area contributed by atoms with Gasteiger partial charge in [0.1, 0.15) is 5.75 Å². The first-order valence-corrected chi connectivity index (χ1v) is 9.22. The van der Waals surface area contributed by atoms with E-state index in [-0.39, 0.29) is 28.8 Å². The average Bonchev–Trinajstić information content (AvgIpc) is 2.60. The minimum absolute atomic E-state index is 0.196. The van der Waals surface area contributed by atoms with Gasteiger partial charge in [-0.05, 0) is 42.5 Å². The number of anilines is 1. The third-order valence-corrected chi connectivity index (χ3v) is 5.03. The number of carbonyl (C=O) groups is 1. The molecule has 0 heterocycles. The van der Waals surface area contributed by atoms with Gasteiger partial charge in [0.25, 0.3) is 15.9 Å². The van der Waals surface area contributed by atoms with Crippen LogP contribution in [0, 0.1) is 0 Å². The molecule has 0 saturated heterocycles. The van der Waals surface area contributed by atoms with Gasteiger partial charge in [-0.2, -0.15) is 13.2 Å². The first-order chi connectivity index (χ1) is 12.5. The van der Waals surface area contributed by atoms with Crippen LogP contribution in [0.2, 0.25) is 5.02 Å². The molecular formula is C16H14ClF3N2O4S. The zero-order chi connectivity index (χ0) is 20.2. The van der Waals surface area contributed by atoms with Crippen molar-refractivity contribution in [1.82, 2.24) is 5.32 Å². The number of amides is 1. The molecule has 6 nitrogen and oxygen atoms in total. The maximum atomic E-state index is 12.9. The molecule has 1 amide bonds. The average molecular weight is 423 g/mol. The number of nitrogens with one attached hydrogen (secondary N) is 2. The number of hydrogen-bond donors (Lipinski definition) is 2. The molecule has 11 heteroatoms. The molecule has 0 unspecified atom stereocenters. The second-order valence-electron chi connectivity index (χ2n) is 5.23. The van der Waals surface area contributed by atoms with Crippen LogP contribution in [0.5, 0.6) is 5.75 Å². The van der Waals surface area contributed by atoms with Crippen molar-refractivity contribution in [3.63, 3.8) is 0 Å². The van der Waals surface area contributed by atoms with Gasteiger partial charge in [0.15, 0.2) is 6.61 Å². The number of rotatable bonds is 6. The van der Waals surface area contributed by atoms with E-state index in [0.29, 0.717) is 6.07 Å². The van der Waals surface area contributed by atoms with Crippen LogP contribution in [0.4, 0.5) is 18.9 Å². The molecule has 0 fully saturated rings. The zero-order valence-corrected chi connectivity index (χ0v) is 15.4. The van der Waals surface area contributed by atoms with Crippen molar-refractivity contribution in [2.24, 2.45) is 0 Å². The Morgan fingerprint density at radius 3 is 2.33 bits per heavy atom. The number of likely N-dealkylation sites (N-methyl/N-ethyl adjacent to an activating group) is 1. The SMILES string of the molecule is CNC(=O)COc1ccc(S(=O)(=O)Nc2ccc(Cl)c(C(F)(F)F)c2)cc1. The number of ether oxygens (including phenoxy) is 1. The highest BCUT2D eigenvalue weighted by molar-refractivity contribution is 7.92. The molecule has 0 bridgehead atoms. The molecule has 2 aromatic carbocycles. The van der Waals surface area contributed by atoms with Crippen LogP contribution in [0.1, 0.15) is 5.56 Å². The molecular weight excluding hydrogens is 409 g/mol. The van der Waals surface area contributed by atoms with Gasteiger partial charge in [0.05, 0.1) is 15.5 Å². The maximum Gasteiger partial charge on any atom is 0.417 e. The second kappa shape index (κ2) is 8.05. The predicted molar refractivity (Wildman–Crippen MR) is 93.3 cm³/mol. The summed E-state index contributed by atoms with van der Waals surface area (Å²) < 4.78 is 70.5. The first kappa shape index (κ1) is 20.8. The molecule has 0 aromatic heterocycles. The highest BCUT2D eigenvalue weighted by Gasteiger charge is 2.33. The van der Waals surface area contributed by atoms with Gasteiger partial charge in [-0.3, -0.25) is 9.52 Å². The van der Waals surface area contributed by atoms with Crippen molar-refractivity contribution < 1.29 is 31.1 Å². The number of sulfonamides is 1. The molecule has 2 aromatic rings. The van der Waals surface area contributed by atoms with Crippen LogP contribution in [-0.4, -0.2) is 28.0 Å². The van der Waals surface area contributed by atoms with E-state index in [1.165, 1.54) is 31.3 Å². The Hall–Kier alpha value is -2.46. The quantitative estimate of drug-likeness (QED) is 0.748. The summed E-state index contributed by atoms with van der Waals surface area (Å²) >= 11 is 5.51. The molecule has 2 rings (SSSR count). The molecule has 2 N–H and O–H groups in total. The lowest BCUT2D eigenvalue weighted by Crippen LogP contribution is -2.24. The van der Waals surface area contributed by atoms with E-state index in [1.54, 1.807) is 0 Å². The topological polar surface area (TPSA) is 84.5 Å². The van der Waals surface area contributed by atoms with Gasteiger partial charge in [-0.1, -0.05) is 11.6 Å². The fourth-order valence-electron chi connectivity index (χ4n) is 1.96. The molecule has 0 saturated carbocycles. The Bertz CT molecular complexity index is 932. The van der Waals surface area contributed by atoms with E-state index in [4.69, 9.17) is 16.3 Å². The van der Waals surface area contributed by atoms with Crippen molar-refractivity contribution >= 4 is 33.2 Å². The first-order valence-electron chi connectivity index (χ1n) is 7.36. The van der Waals surface area contributed by atoms with E-state index in [9.17, 15) is 26.4 Å². The van der Waals surface area contributed by atoms with E-state index >= 15 is 0 Å². The fraction of sp³-hybridized carbons (Fsp3) is 0.188. The maximum absolute atomic E-state index is 12.9. The predicted octanol–water partition coefficient (Wildman–Crippen LogP) is 3.28. The van der Waals surface area contributed by atoms with Crippen LogP contribution in [0.25, 0.3) is 0 Å². The van der Waals surface area contributed by atoms with Crippen LogP contribution in [0.15, 0.2) is 47.4 Å². The van der Waals surface area contributed by atoms with Gasteiger partial charge in [0.2, 0.25) is 0 Å². The number of carbonyl (C=O) groups excluding carboxylic acids is 1. The van der Waals surface area contributed by atoms with Gasteiger partial charge < -0.3 is 10.1 Å². The molecule has 0 atom stereocenters. The standard InChI is InChI=1S/C16H14ClF3N2O4S/c1-21-15(23)9-26-11-3-5-12(6-4-11)27(24,25)22-10-2-7-14(17)13(8-10)16(18,19)20/h2-8,22H,9H2,1H3,(H,21,23). The van der Waals surface area contributed by atoms with Crippen molar-refractivity contribution in [3.8, 4) is 5.75 Å². The fourth-order valence-corrected chi connectivity index (χ4v) is 3.23. The van der Waals surface area contributed by atoms with E-state index in [2.05, 4.69) is 10.0 Å². The Morgan fingerprint density at radius 1 is 1.15 bits per heavy atom. The largest absolute Gasteiger partial charge is 0.484 e. The van der Waals surface area contributed by atoms with Crippen molar-refractivity contribution in [1.29, 1.82) is 0 Å². The number of halogens is 4. The molecule has 146 valence electrons. The highest BCUT2D eigenvalue weighted by atomic mass is 35.5. The minimum Gasteiger partial charge on any atom is -0.484 e. The minimum atomic E-state index is -4.72. The summed E-state index contributed by atoms with van der Waals surface area (Å²) in [6.45, 7) is -0.244. The van der Waals surface area contributed by atoms with Crippen molar-refractivity contribution in [2.75, 3.05) is 18.4 Å². The molecule has 0 radical (unpaired) electrons. The Labute approximate surface area is 158 Å². The monoisotopic (exact) mass is 422 g/mol. The van der Waals surface area contributed by atoms with Gasteiger partial charge in [-0.25, -0.2) is 8.42 Å². The summed E-state index contributed by atoms with van der Waals surface area (Å²) in [7, 11) is -2.70. The second-order valence-corrected chi connectivity index (χ2v) is 7.32. The molecule has 27 heavy (non-hydrogen) atoms. The molecule has 0 aliphatic carbocycles. The Balaban J connectivity index is 2.18. The van der Waals surface area contributed by atoms with Crippen molar-refractivity contribution in [2.45, 2.75) is 11.1 Å². The molecule has 0 aliphatic rings. The third-order valence-electron chi connectivity index (χ3n) is 3.31. The van der Waals surface area contributed by atoms with Gasteiger partial charge in [-0.15, -0.1) is 0 Å². The van der Waals surface area contributed by atoms with Gasteiger partial charge in [0, 0.05) is 12.7 Å². The smallest absolute Gasteiger partial charge is 0.417 e. The van der Waals surface area contributed by atoms with Crippen LogP contribution < -0.4 is 14.8 Å². The normalized spacial score (nSPS) is 11.7. The third kappa shape index (κ3) is 5.51. The van der Waals surface area contributed by atoms with Crippen LogP contribution in [0.3, 0.4) is 0 Å². The summed E-state index contributed by atoms with van der Waals surface area (Å²) in [4.78, 5) is 10.9. The van der Waals surface area contributed by atoms with E-state index < -0.39 is 26.8 Å². The lowest BCUT2D eigenvalue weighted by molar-refractivity contribution is -0.137. The Morgan fingerprint density at radius 2 is 1.78 bits per heavy atom.